The summed E-state index contributed by atoms with van der Waals surface area (Å²) in [6.07, 6.45) is 3.70. The van der Waals surface area contributed by atoms with E-state index in [2.05, 4.69) is 22.0 Å². The van der Waals surface area contributed by atoms with Crippen LogP contribution in [0.15, 0.2) is 24.3 Å². The SMILES string of the molecule is [2H][C@H]1[C@H]2CCCN1CCc1c([nH]c3ccccc13)C(C(=O)OC)C2. The van der Waals surface area contributed by atoms with E-state index in [4.69, 9.17) is 6.11 Å². The number of hydrogen-bond donors (Lipinski definition) is 1. The van der Waals surface area contributed by atoms with Gasteiger partial charge < -0.3 is 14.6 Å². The molecule has 1 N–H and O–H groups in total. The smallest absolute Gasteiger partial charge is 0.314 e. The first-order chi connectivity index (χ1) is 11.7. The molecule has 0 radical (unpaired) electrons. The molecule has 2 unspecified atom stereocenters. The number of H-pyrrole nitrogens is 1. The Morgan fingerprint density at radius 3 is 3.13 bits per heavy atom. The predicted octanol–water partition coefficient (Wildman–Crippen LogP) is 3.08. The number of carbonyl (C=O) groups is 1. The van der Waals surface area contributed by atoms with E-state index in [9.17, 15) is 4.79 Å². The fourth-order valence-electron chi connectivity index (χ4n) is 4.19. The molecular formula is C19H24N2O2. The summed E-state index contributed by atoms with van der Waals surface area (Å²) < 4.78 is 13.7. The molecule has 1 aromatic heterocycles. The second-order valence-electron chi connectivity index (χ2n) is 6.71. The normalized spacial score (nSPS) is 31.4. The number of esters is 1. The van der Waals surface area contributed by atoms with Crippen molar-refractivity contribution in [1.29, 1.82) is 0 Å². The Balaban J connectivity index is 1.84. The number of nitrogens with one attached hydrogen (secondary N) is 1. The van der Waals surface area contributed by atoms with Crippen molar-refractivity contribution in [3.05, 3.63) is 35.5 Å². The van der Waals surface area contributed by atoms with Crippen LogP contribution in [-0.2, 0) is 16.0 Å². The van der Waals surface area contributed by atoms with Crippen LogP contribution in [0.3, 0.4) is 0 Å². The lowest BCUT2D eigenvalue weighted by Gasteiger charge is -2.32. The molecule has 2 aliphatic rings. The molecule has 0 aliphatic carbocycles. The average Bonchev–Trinajstić information content (AvgIpc) is 2.97. The minimum absolute atomic E-state index is 0.186. The van der Waals surface area contributed by atoms with E-state index in [0.29, 0.717) is 6.42 Å². The Hall–Kier alpha value is -1.81. The highest BCUT2D eigenvalue weighted by Crippen LogP contribution is 2.36. The summed E-state index contributed by atoms with van der Waals surface area (Å²) in [7, 11) is 1.46. The zero-order valence-corrected chi connectivity index (χ0v) is 13.5. The number of methoxy groups -OCH3 is 1. The van der Waals surface area contributed by atoms with Crippen LogP contribution in [0.4, 0.5) is 0 Å². The quantitative estimate of drug-likeness (QED) is 0.823. The van der Waals surface area contributed by atoms with E-state index >= 15 is 0 Å². The largest absolute Gasteiger partial charge is 0.469 e. The zero-order valence-electron chi connectivity index (χ0n) is 14.5. The molecule has 1 aromatic carbocycles. The number of nitrogens with zero attached hydrogens (tertiary/aromatic N) is 1. The van der Waals surface area contributed by atoms with Crippen LogP contribution >= 0.6 is 0 Å². The lowest BCUT2D eigenvalue weighted by Crippen LogP contribution is -2.36. The molecule has 4 nitrogen and oxygen atoms in total. The molecule has 2 aromatic rings. The van der Waals surface area contributed by atoms with Gasteiger partial charge in [0, 0.05) is 31.0 Å². The molecule has 4 atom stereocenters. The summed E-state index contributed by atoms with van der Waals surface area (Å²) in [6, 6.07) is 8.25. The van der Waals surface area contributed by atoms with Crippen LogP contribution in [0.1, 0.15) is 37.8 Å². The Labute approximate surface area is 138 Å². The first-order valence-corrected chi connectivity index (χ1v) is 8.52. The van der Waals surface area contributed by atoms with Crippen LogP contribution in [0.5, 0.6) is 0 Å². The van der Waals surface area contributed by atoms with Crippen LogP contribution in [0.25, 0.3) is 10.9 Å². The van der Waals surface area contributed by atoms with Crippen molar-refractivity contribution in [1.82, 2.24) is 9.88 Å². The highest BCUT2D eigenvalue weighted by molar-refractivity contribution is 5.88. The van der Waals surface area contributed by atoms with E-state index in [-0.39, 0.29) is 24.3 Å². The second-order valence-corrected chi connectivity index (χ2v) is 6.71. The van der Waals surface area contributed by atoms with Gasteiger partial charge in [0.05, 0.1) is 13.0 Å². The lowest BCUT2D eigenvalue weighted by atomic mass is 9.86. The standard InChI is InChI=1S/C19H24N2O2/c1-23-19(22)16-11-13-5-4-9-21(12-13)10-8-15-14-6-2-3-7-17(14)20-18(15)16/h2-3,6-7,13,16,20H,4-5,8-12H2,1H3/t13-,16?/m0/s1/i12D/t12-,13-,16?. The van der Waals surface area contributed by atoms with Gasteiger partial charge in [-0.15, -0.1) is 0 Å². The number of para-hydroxylation sites is 1. The summed E-state index contributed by atoms with van der Waals surface area (Å²) in [5.74, 6) is -0.262. The number of hydrogen-bond acceptors (Lipinski definition) is 3. The molecule has 0 spiro atoms. The molecule has 1 fully saturated rings. The summed E-state index contributed by atoms with van der Waals surface area (Å²) in [4.78, 5) is 18.3. The molecule has 2 aliphatic heterocycles. The topological polar surface area (TPSA) is 45.3 Å². The number of aromatic nitrogens is 1. The van der Waals surface area contributed by atoms with Crippen LogP contribution < -0.4 is 0 Å². The number of aromatic amines is 1. The third kappa shape index (κ3) is 2.65. The molecule has 0 saturated carbocycles. The minimum atomic E-state index is -0.298. The van der Waals surface area contributed by atoms with E-state index < -0.39 is 0 Å². The minimum Gasteiger partial charge on any atom is -0.469 e. The highest BCUT2D eigenvalue weighted by atomic mass is 16.5. The monoisotopic (exact) mass is 313 g/mol. The molecular weight excluding hydrogens is 288 g/mol. The summed E-state index contributed by atoms with van der Waals surface area (Å²) in [5, 5.41) is 1.19. The van der Waals surface area contributed by atoms with Crippen LogP contribution in [0, 0.1) is 5.92 Å². The van der Waals surface area contributed by atoms with Crippen molar-refractivity contribution in [3.63, 3.8) is 0 Å². The predicted molar refractivity (Wildman–Crippen MR) is 90.5 cm³/mol. The maximum atomic E-state index is 12.5. The van der Waals surface area contributed by atoms with E-state index in [1.807, 2.05) is 12.1 Å². The van der Waals surface area contributed by atoms with Gasteiger partial charge in [-0.25, -0.2) is 0 Å². The molecule has 23 heavy (non-hydrogen) atoms. The highest BCUT2D eigenvalue weighted by Gasteiger charge is 2.33. The third-order valence-electron chi connectivity index (χ3n) is 5.31. The van der Waals surface area contributed by atoms with Gasteiger partial charge in [-0.05, 0) is 49.8 Å². The number of piperidine rings is 1. The van der Waals surface area contributed by atoms with Gasteiger partial charge in [-0.2, -0.15) is 0 Å². The molecule has 122 valence electrons. The van der Waals surface area contributed by atoms with Gasteiger partial charge in [-0.3, -0.25) is 4.79 Å². The second kappa shape index (κ2) is 6.00. The molecule has 4 rings (SSSR count). The van der Waals surface area contributed by atoms with Crippen molar-refractivity contribution in [3.8, 4) is 0 Å². The molecule has 3 heterocycles. The molecule has 0 amide bonds. The van der Waals surface area contributed by atoms with Gasteiger partial charge in [0.2, 0.25) is 0 Å². The summed E-state index contributed by atoms with van der Waals surface area (Å²) in [6.45, 7) is 1.67. The first kappa shape index (κ1) is 13.6. The maximum absolute atomic E-state index is 12.5. The van der Waals surface area contributed by atoms with Crippen LogP contribution in [0.2, 0.25) is 0 Å². The maximum Gasteiger partial charge on any atom is 0.314 e. The van der Waals surface area contributed by atoms with Gasteiger partial charge in [0.15, 0.2) is 0 Å². The average molecular weight is 313 g/mol. The number of rotatable bonds is 1. The number of benzene rings is 1. The number of carbonyl (C=O) groups excluding carboxylic acids is 1. The Morgan fingerprint density at radius 1 is 1.39 bits per heavy atom. The van der Waals surface area contributed by atoms with Gasteiger partial charge in [0.1, 0.15) is 0 Å². The Bertz CT molecular complexity index is 757. The van der Waals surface area contributed by atoms with E-state index in [1.165, 1.54) is 18.1 Å². The summed E-state index contributed by atoms with van der Waals surface area (Å²) >= 11 is 0. The first-order valence-electron chi connectivity index (χ1n) is 9.10. The van der Waals surface area contributed by atoms with E-state index in [0.717, 1.165) is 43.6 Å². The number of ether oxygens (including phenoxy) is 1. The van der Waals surface area contributed by atoms with Gasteiger partial charge in [-0.1, -0.05) is 18.2 Å². The van der Waals surface area contributed by atoms with Crippen molar-refractivity contribution < 1.29 is 10.9 Å². The van der Waals surface area contributed by atoms with Gasteiger partial charge >= 0.3 is 5.97 Å². The van der Waals surface area contributed by atoms with E-state index in [1.54, 1.807) is 0 Å². The third-order valence-corrected chi connectivity index (χ3v) is 5.31. The van der Waals surface area contributed by atoms with Crippen molar-refractivity contribution in [2.75, 3.05) is 26.7 Å². The van der Waals surface area contributed by atoms with Gasteiger partial charge in [0.25, 0.3) is 0 Å². The molecule has 1 saturated heterocycles. The Morgan fingerprint density at radius 2 is 2.26 bits per heavy atom. The van der Waals surface area contributed by atoms with Crippen LogP contribution in [-0.4, -0.2) is 42.6 Å². The number of fused-ring (bicyclic) bond motifs is 5. The zero-order chi connectivity index (χ0) is 16.7. The fourth-order valence-corrected chi connectivity index (χ4v) is 4.19. The fraction of sp³-hybridized carbons (Fsp3) is 0.526. The summed E-state index contributed by atoms with van der Waals surface area (Å²) in [5.41, 5.74) is 3.31. The lowest BCUT2D eigenvalue weighted by molar-refractivity contribution is -0.143. The van der Waals surface area contributed by atoms with Crippen molar-refractivity contribution in [2.45, 2.75) is 31.6 Å². The molecule has 2 bridgehead atoms. The van der Waals surface area contributed by atoms with Crippen molar-refractivity contribution in [2.24, 2.45) is 5.92 Å². The molecule has 4 heteroatoms. The Kier molecular flexibility index (Phi) is 3.55. The van der Waals surface area contributed by atoms with Crippen molar-refractivity contribution >= 4 is 16.9 Å².